The number of amides is 1. The Morgan fingerprint density at radius 3 is 2.57 bits per heavy atom. The molecule has 2 aromatic carbocycles. The van der Waals surface area contributed by atoms with E-state index in [0.717, 1.165) is 10.2 Å². The third-order valence-electron chi connectivity index (χ3n) is 4.20. The highest BCUT2D eigenvalue weighted by Crippen LogP contribution is 2.35. The molecule has 0 radical (unpaired) electrons. The van der Waals surface area contributed by atoms with Crippen molar-refractivity contribution in [3.63, 3.8) is 0 Å². The summed E-state index contributed by atoms with van der Waals surface area (Å²) in [6.07, 6.45) is 2.91. The number of ether oxygens (including phenoxy) is 2. The minimum atomic E-state index is -0.469. The lowest BCUT2D eigenvalue weighted by atomic mass is 10.2. The largest absolute Gasteiger partial charge is 0.486 e. The molecule has 142 valence electrons. The molecule has 9 heteroatoms. The number of hydrogen-bond acceptors (Lipinski definition) is 6. The van der Waals surface area contributed by atoms with Gasteiger partial charge in [-0.3, -0.25) is 14.9 Å². The highest BCUT2D eigenvalue weighted by molar-refractivity contribution is 7.16. The number of fused-ring (bicyclic) bond motifs is 2. The van der Waals surface area contributed by atoms with E-state index < -0.39 is 10.8 Å². The molecule has 0 saturated carbocycles. The zero-order valence-corrected chi connectivity index (χ0v) is 15.6. The maximum absolute atomic E-state index is 12.2. The molecule has 2 heterocycles. The summed E-state index contributed by atoms with van der Waals surface area (Å²) in [7, 11) is 1.83. The minimum absolute atomic E-state index is 0.00104. The minimum Gasteiger partial charge on any atom is -0.486 e. The van der Waals surface area contributed by atoms with E-state index in [2.05, 4.69) is 4.99 Å². The van der Waals surface area contributed by atoms with Gasteiger partial charge in [-0.15, -0.1) is 0 Å². The van der Waals surface area contributed by atoms with Gasteiger partial charge >= 0.3 is 0 Å². The molecule has 3 aromatic rings. The van der Waals surface area contributed by atoms with E-state index in [1.54, 1.807) is 18.2 Å². The molecule has 0 bridgehead atoms. The topological polar surface area (TPSA) is 96.0 Å². The van der Waals surface area contributed by atoms with Gasteiger partial charge in [-0.25, -0.2) is 0 Å². The monoisotopic (exact) mass is 397 g/mol. The first-order valence-electron chi connectivity index (χ1n) is 8.42. The molecule has 1 amide bonds. The third kappa shape index (κ3) is 3.52. The summed E-state index contributed by atoms with van der Waals surface area (Å²) in [5.74, 6) is 0.956. The van der Waals surface area contributed by atoms with Crippen molar-refractivity contribution in [3.05, 3.63) is 63.0 Å². The number of aryl methyl sites for hydroxylation is 1. The van der Waals surface area contributed by atoms with Gasteiger partial charge in [0.2, 0.25) is 0 Å². The van der Waals surface area contributed by atoms with Crippen LogP contribution in [-0.2, 0) is 11.8 Å². The molecule has 1 aliphatic heterocycles. The van der Waals surface area contributed by atoms with Crippen molar-refractivity contribution < 1.29 is 19.2 Å². The van der Waals surface area contributed by atoms with Crippen LogP contribution in [-0.4, -0.2) is 28.6 Å². The van der Waals surface area contributed by atoms with E-state index in [0.29, 0.717) is 35.1 Å². The molecule has 8 nitrogen and oxygen atoms in total. The van der Waals surface area contributed by atoms with Gasteiger partial charge < -0.3 is 14.0 Å². The van der Waals surface area contributed by atoms with Crippen LogP contribution in [0.25, 0.3) is 16.3 Å². The highest BCUT2D eigenvalue weighted by atomic mass is 32.1. The van der Waals surface area contributed by atoms with Crippen LogP contribution < -0.4 is 14.3 Å². The number of non-ortho nitro benzene ring substituents is 1. The van der Waals surface area contributed by atoms with Crippen LogP contribution in [0.1, 0.15) is 5.56 Å². The van der Waals surface area contributed by atoms with Crippen molar-refractivity contribution in [2.75, 3.05) is 13.2 Å². The number of benzene rings is 2. The summed E-state index contributed by atoms with van der Waals surface area (Å²) < 4.78 is 14.0. The number of rotatable bonds is 3. The molecule has 1 aliphatic rings. The summed E-state index contributed by atoms with van der Waals surface area (Å²) >= 11 is 1.38. The van der Waals surface area contributed by atoms with Gasteiger partial charge in [0.25, 0.3) is 11.6 Å². The lowest BCUT2D eigenvalue weighted by Gasteiger charge is -2.18. The van der Waals surface area contributed by atoms with E-state index in [-0.39, 0.29) is 5.69 Å². The Labute approximate surface area is 163 Å². The second-order valence-corrected chi connectivity index (χ2v) is 7.05. The average Bonchev–Trinajstić information content (AvgIpc) is 2.99. The normalized spacial score (nSPS) is 14.0. The van der Waals surface area contributed by atoms with Crippen molar-refractivity contribution in [3.8, 4) is 11.5 Å². The molecule has 1 aromatic heterocycles. The second-order valence-electron chi connectivity index (χ2n) is 6.04. The maximum atomic E-state index is 12.2. The van der Waals surface area contributed by atoms with Crippen LogP contribution in [0.3, 0.4) is 0 Å². The number of carbonyl (C=O) groups is 1. The number of aromatic nitrogens is 1. The van der Waals surface area contributed by atoms with Crippen LogP contribution in [0.2, 0.25) is 0 Å². The van der Waals surface area contributed by atoms with Crippen molar-refractivity contribution in [1.29, 1.82) is 0 Å². The summed E-state index contributed by atoms with van der Waals surface area (Å²) in [5, 5.41) is 10.7. The fourth-order valence-corrected chi connectivity index (χ4v) is 3.81. The Morgan fingerprint density at radius 1 is 1.21 bits per heavy atom. The number of thiazole rings is 1. The predicted molar refractivity (Wildman–Crippen MR) is 104 cm³/mol. The molecule has 0 atom stereocenters. The summed E-state index contributed by atoms with van der Waals surface area (Å²) in [6.45, 7) is 1.02. The Bertz CT molecular complexity index is 1170. The van der Waals surface area contributed by atoms with Crippen molar-refractivity contribution >= 4 is 39.2 Å². The smallest absolute Gasteiger partial charge is 0.272 e. The molecule has 0 aliphatic carbocycles. The Morgan fingerprint density at radius 2 is 1.89 bits per heavy atom. The van der Waals surface area contributed by atoms with Gasteiger partial charge in [-0.1, -0.05) is 11.3 Å². The second kappa shape index (κ2) is 7.28. The van der Waals surface area contributed by atoms with E-state index in [4.69, 9.17) is 9.47 Å². The first-order valence-corrected chi connectivity index (χ1v) is 9.23. The Kier molecular flexibility index (Phi) is 4.66. The van der Waals surface area contributed by atoms with Crippen LogP contribution in [0, 0.1) is 10.1 Å². The van der Waals surface area contributed by atoms with Crippen LogP contribution >= 0.6 is 11.3 Å². The first-order chi connectivity index (χ1) is 13.5. The van der Waals surface area contributed by atoms with E-state index >= 15 is 0 Å². The zero-order valence-electron chi connectivity index (χ0n) is 14.8. The molecule has 4 rings (SSSR count). The lowest BCUT2D eigenvalue weighted by molar-refractivity contribution is -0.384. The van der Waals surface area contributed by atoms with Crippen LogP contribution in [0.4, 0.5) is 5.69 Å². The molecule has 0 saturated heterocycles. The molecule has 0 N–H and O–H groups in total. The summed E-state index contributed by atoms with van der Waals surface area (Å²) in [6, 6.07) is 9.71. The number of nitro benzene ring substituents is 1. The Hall–Kier alpha value is -3.46. The van der Waals surface area contributed by atoms with Crippen molar-refractivity contribution in [1.82, 2.24) is 4.57 Å². The van der Waals surface area contributed by atoms with Gasteiger partial charge in [0.1, 0.15) is 13.2 Å². The van der Waals surface area contributed by atoms with Crippen molar-refractivity contribution in [2.45, 2.75) is 0 Å². The Balaban J connectivity index is 1.60. The fourth-order valence-electron chi connectivity index (χ4n) is 2.78. The van der Waals surface area contributed by atoms with Crippen molar-refractivity contribution in [2.24, 2.45) is 12.0 Å². The molecule has 0 spiro atoms. The third-order valence-corrected chi connectivity index (χ3v) is 5.30. The van der Waals surface area contributed by atoms with Gasteiger partial charge in [0.05, 0.1) is 15.1 Å². The number of nitrogens with zero attached hydrogens (tertiary/aromatic N) is 3. The van der Waals surface area contributed by atoms with Crippen LogP contribution in [0.15, 0.2) is 47.5 Å². The molecule has 0 unspecified atom stereocenters. The maximum Gasteiger partial charge on any atom is 0.272 e. The van der Waals surface area contributed by atoms with E-state index in [1.807, 2.05) is 23.7 Å². The molecule has 28 heavy (non-hydrogen) atoms. The van der Waals surface area contributed by atoms with Crippen LogP contribution in [0.5, 0.6) is 11.5 Å². The lowest BCUT2D eigenvalue weighted by Crippen LogP contribution is -2.15. The molecular weight excluding hydrogens is 382 g/mol. The summed E-state index contributed by atoms with van der Waals surface area (Å²) in [4.78, 5) is 27.1. The van der Waals surface area contributed by atoms with Gasteiger partial charge in [0.15, 0.2) is 16.3 Å². The predicted octanol–water partition coefficient (Wildman–Crippen LogP) is 3.06. The van der Waals surface area contributed by atoms with E-state index in [1.165, 1.54) is 29.5 Å². The molecular formula is C19H15N3O5S. The number of hydrogen-bond donors (Lipinski definition) is 0. The standard InChI is InChI=1S/C19H15N3O5S/c1-21-14-10-15-16(27-9-8-26-15)11-17(14)28-19(21)20-18(23)7-4-12-2-5-13(6-3-12)22(24)25/h2-7,10-11H,8-9H2,1H3/b7-4-,20-19?. The van der Waals surface area contributed by atoms with Gasteiger partial charge in [-0.05, 0) is 23.8 Å². The fraction of sp³-hybridized carbons (Fsp3) is 0.158. The average molecular weight is 397 g/mol. The quantitative estimate of drug-likeness (QED) is 0.384. The zero-order chi connectivity index (χ0) is 19.7. The number of carbonyl (C=O) groups excluding carboxylic acids is 1. The first kappa shape index (κ1) is 17.9. The highest BCUT2D eigenvalue weighted by Gasteiger charge is 2.15. The van der Waals surface area contributed by atoms with Gasteiger partial charge in [-0.2, -0.15) is 4.99 Å². The molecule has 0 fully saturated rings. The summed E-state index contributed by atoms with van der Waals surface area (Å²) in [5.41, 5.74) is 1.58. The SMILES string of the molecule is Cn1c(=NC(=O)/C=C\c2ccc([N+](=O)[O-])cc2)sc2cc3c(cc21)OCCO3. The van der Waals surface area contributed by atoms with Gasteiger partial charge in [0, 0.05) is 37.4 Å². The van der Waals surface area contributed by atoms with E-state index in [9.17, 15) is 14.9 Å². The number of nitro groups is 1.